The van der Waals surface area contributed by atoms with Crippen LogP contribution < -0.4 is 10.6 Å². The molecule has 1 heterocycles. The van der Waals surface area contributed by atoms with Gasteiger partial charge < -0.3 is 10.6 Å². The Hall–Kier alpha value is -2.92. The lowest BCUT2D eigenvalue weighted by Crippen LogP contribution is -2.15. The number of benzene rings is 2. The summed E-state index contributed by atoms with van der Waals surface area (Å²) in [5.41, 5.74) is 4.30. The first-order chi connectivity index (χ1) is 12.5. The van der Waals surface area contributed by atoms with Crippen LogP contribution in [-0.4, -0.2) is 15.9 Å². The van der Waals surface area contributed by atoms with Crippen molar-refractivity contribution in [1.82, 2.24) is 9.97 Å². The highest BCUT2D eigenvalue weighted by molar-refractivity contribution is 6.30. The summed E-state index contributed by atoms with van der Waals surface area (Å²) in [6, 6.07) is 15.0. The molecule has 0 aliphatic heterocycles. The van der Waals surface area contributed by atoms with Gasteiger partial charge in [0.05, 0.1) is 0 Å². The molecule has 0 atom stereocenters. The second kappa shape index (κ2) is 7.97. The number of carbonyl (C=O) groups is 1. The number of aryl methyl sites for hydroxylation is 2. The van der Waals surface area contributed by atoms with E-state index in [0.29, 0.717) is 23.1 Å². The summed E-state index contributed by atoms with van der Waals surface area (Å²) in [6.07, 6.45) is 1.38. The Morgan fingerprint density at radius 1 is 1.04 bits per heavy atom. The van der Waals surface area contributed by atoms with Gasteiger partial charge >= 0.3 is 0 Å². The number of hydrogen-bond donors (Lipinski definition) is 2. The SMILES string of the molecule is Cc1ccc(NC(=O)c2cc(NCc3ccc(Cl)cc3)ncn2)c(C)c1. The Balaban J connectivity index is 1.67. The zero-order chi connectivity index (χ0) is 18.5. The quantitative estimate of drug-likeness (QED) is 0.691. The van der Waals surface area contributed by atoms with Crippen LogP contribution in [0.3, 0.4) is 0 Å². The Kier molecular flexibility index (Phi) is 5.49. The fourth-order valence-electron chi connectivity index (χ4n) is 2.51. The summed E-state index contributed by atoms with van der Waals surface area (Å²) >= 11 is 5.89. The maximum Gasteiger partial charge on any atom is 0.274 e. The van der Waals surface area contributed by atoms with Crippen LogP contribution in [0.15, 0.2) is 54.9 Å². The minimum absolute atomic E-state index is 0.270. The molecule has 5 nitrogen and oxygen atoms in total. The van der Waals surface area contributed by atoms with Crippen LogP contribution in [0.5, 0.6) is 0 Å². The third-order valence-corrected chi connectivity index (χ3v) is 4.17. The maximum absolute atomic E-state index is 12.5. The Bertz CT molecular complexity index is 925. The van der Waals surface area contributed by atoms with Crippen LogP contribution in [0.1, 0.15) is 27.2 Å². The molecule has 0 aliphatic carbocycles. The molecular weight excluding hydrogens is 348 g/mol. The smallest absolute Gasteiger partial charge is 0.274 e. The highest BCUT2D eigenvalue weighted by atomic mass is 35.5. The second-order valence-corrected chi connectivity index (χ2v) is 6.48. The fraction of sp³-hybridized carbons (Fsp3) is 0.150. The number of nitrogens with one attached hydrogen (secondary N) is 2. The van der Waals surface area contributed by atoms with Crippen molar-refractivity contribution in [2.75, 3.05) is 10.6 Å². The van der Waals surface area contributed by atoms with Crippen LogP contribution in [-0.2, 0) is 6.54 Å². The molecule has 0 radical (unpaired) electrons. The number of halogens is 1. The fourth-order valence-corrected chi connectivity index (χ4v) is 2.64. The molecule has 1 amide bonds. The molecule has 0 spiro atoms. The minimum atomic E-state index is -0.270. The van der Waals surface area contributed by atoms with Gasteiger partial charge in [-0.3, -0.25) is 4.79 Å². The number of carbonyl (C=O) groups excluding carboxylic acids is 1. The van der Waals surface area contributed by atoms with Crippen LogP contribution >= 0.6 is 11.6 Å². The van der Waals surface area contributed by atoms with E-state index in [1.807, 2.05) is 56.3 Å². The molecule has 26 heavy (non-hydrogen) atoms. The van der Waals surface area contributed by atoms with Crippen molar-refractivity contribution in [3.05, 3.63) is 82.3 Å². The van der Waals surface area contributed by atoms with Gasteiger partial charge in [-0.25, -0.2) is 9.97 Å². The van der Waals surface area contributed by atoms with Crippen molar-refractivity contribution in [3.63, 3.8) is 0 Å². The number of rotatable bonds is 5. The Labute approximate surface area is 157 Å². The highest BCUT2D eigenvalue weighted by Gasteiger charge is 2.10. The van der Waals surface area contributed by atoms with E-state index >= 15 is 0 Å². The van der Waals surface area contributed by atoms with E-state index in [2.05, 4.69) is 20.6 Å². The average molecular weight is 367 g/mol. The first-order valence-electron chi connectivity index (χ1n) is 8.20. The molecule has 0 fully saturated rings. The van der Waals surface area contributed by atoms with Crippen molar-refractivity contribution in [2.45, 2.75) is 20.4 Å². The molecule has 0 bridgehead atoms. The number of hydrogen-bond acceptors (Lipinski definition) is 4. The Morgan fingerprint density at radius 3 is 2.54 bits per heavy atom. The number of aromatic nitrogens is 2. The van der Waals surface area contributed by atoms with Crippen LogP contribution in [0.25, 0.3) is 0 Å². The normalized spacial score (nSPS) is 10.4. The summed E-state index contributed by atoms with van der Waals surface area (Å²) in [4.78, 5) is 20.7. The molecule has 0 saturated carbocycles. The van der Waals surface area contributed by atoms with Gasteiger partial charge in [0.2, 0.25) is 0 Å². The minimum Gasteiger partial charge on any atom is -0.366 e. The third-order valence-electron chi connectivity index (χ3n) is 3.92. The van der Waals surface area contributed by atoms with Gasteiger partial charge in [0, 0.05) is 23.3 Å². The zero-order valence-electron chi connectivity index (χ0n) is 14.6. The summed E-state index contributed by atoms with van der Waals surface area (Å²) in [6.45, 7) is 4.55. The first kappa shape index (κ1) is 17.9. The second-order valence-electron chi connectivity index (χ2n) is 6.04. The van der Waals surface area contributed by atoms with E-state index in [9.17, 15) is 4.79 Å². The lowest BCUT2D eigenvalue weighted by atomic mass is 10.1. The number of anilines is 2. The topological polar surface area (TPSA) is 66.9 Å². The van der Waals surface area contributed by atoms with E-state index < -0.39 is 0 Å². The number of nitrogens with zero attached hydrogens (tertiary/aromatic N) is 2. The van der Waals surface area contributed by atoms with Gasteiger partial charge in [-0.1, -0.05) is 41.4 Å². The van der Waals surface area contributed by atoms with Crippen molar-refractivity contribution < 1.29 is 4.79 Å². The van der Waals surface area contributed by atoms with E-state index in [1.54, 1.807) is 6.07 Å². The van der Waals surface area contributed by atoms with Crippen molar-refractivity contribution in [2.24, 2.45) is 0 Å². The lowest BCUT2D eigenvalue weighted by molar-refractivity contribution is 0.102. The van der Waals surface area contributed by atoms with E-state index in [-0.39, 0.29) is 5.91 Å². The molecular formula is C20H19ClN4O. The van der Waals surface area contributed by atoms with Gasteiger partial charge in [-0.15, -0.1) is 0 Å². The summed E-state index contributed by atoms with van der Waals surface area (Å²) in [5, 5.41) is 6.77. The summed E-state index contributed by atoms with van der Waals surface area (Å²) in [5.74, 6) is 0.314. The van der Waals surface area contributed by atoms with E-state index in [4.69, 9.17) is 11.6 Å². The van der Waals surface area contributed by atoms with Gasteiger partial charge in [0.15, 0.2) is 0 Å². The molecule has 3 rings (SSSR count). The van der Waals surface area contributed by atoms with Crippen molar-refractivity contribution in [1.29, 1.82) is 0 Å². The molecule has 3 aromatic rings. The maximum atomic E-state index is 12.5. The van der Waals surface area contributed by atoms with Crippen LogP contribution in [0.2, 0.25) is 5.02 Å². The third kappa shape index (κ3) is 4.58. The predicted molar refractivity (Wildman–Crippen MR) is 105 cm³/mol. The molecule has 6 heteroatoms. The van der Waals surface area contributed by atoms with Gasteiger partial charge in [-0.05, 0) is 43.2 Å². The highest BCUT2D eigenvalue weighted by Crippen LogP contribution is 2.17. The first-order valence-corrected chi connectivity index (χ1v) is 8.58. The summed E-state index contributed by atoms with van der Waals surface area (Å²) < 4.78 is 0. The summed E-state index contributed by atoms with van der Waals surface area (Å²) in [7, 11) is 0. The zero-order valence-corrected chi connectivity index (χ0v) is 15.3. The monoisotopic (exact) mass is 366 g/mol. The van der Waals surface area contributed by atoms with Gasteiger partial charge in [-0.2, -0.15) is 0 Å². The Morgan fingerprint density at radius 2 is 1.81 bits per heavy atom. The lowest BCUT2D eigenvalue weighted by Gasteiger charge is -2.10. The molecule has 2 aromatic carbocycles. The molecule has 132 valence electrons. The molecule has 2 N–H and O–H groups in total. The average Bonchev–Trinajstić information content (AvgIpc) is 2.64. The van der Waals surface area contributed by atoms with Gasteiger partial charge in [0.25, 0.3) is 5.91 Å². The van der Waals surface area contributed by atoms with E-state index in [1.165, 1.54) is 6.33 Å². The molecule has 0 aliphatic rings. The van der Waals surface area contributed by atoms with E-state index in [0.717, 1.165) is 22.4 Å². The van der Waals surface area contributed by atoms with Crippen LogP contribution in [0.4, 0.5) is 11.5 Å². The molecule has 1 aromatic heterocycles. The largest absolute Gasteiger partial charge is 0.366 e. The van der Waals surface area contributed by atoms with Crippen molar-refractivity contribution in [3.8, 4) is 0 Å². The predicted octanol–water partition coefficient (Wildman–Crippen LogP) is 4.61. The number of amides is 1. The standard InChI is InChI=1S/C20H19ClN4O/c1-13-3-8-17(14(2)9-13)25-20(26)18-10-19(24-12-23-18)22-11-15-4-6-16(21)7-5-15/h3-10,12H,11H2,1-2H3,(H,25,26)(H,22,23,24). The molecule has 0 unspecified atom stereocenters. The van der Waals surface area contributed by atoms with Gasteiger partial charge in [0.1, 0.15) is 17.8 Å². The van der Waals surface area contributed by atoms with Crippen molar-refractivity contribution >= 4 is 29.0 Å². The molecule has 0 saturated heterocycles. The van der Waals surface area contributed by atoms with Crippen LogP contribution in [0, 0.1) is 13.8 Å².